The topological polar surface area (TPSA) is 42.5 Å². The molecule has 4 nitrogen and oxygen atoms in total. The van der Waals surface area contributed by atoms with Crippen LogP contribution in [0.2, 0.25) is 0 Å². The van der Waals surface area contributed by atoms with Gasteiger partial charge in [0.2, 0.25) is 0 Å². The number of hydrogen-bond acceptors (Lipinski definition) is 3. The van der Waals surface area contributed by atoms with Gasteiger partial charge in [0.1, 0.15) is 6.20 Å². The van der Waals surface area contributed by atoms with Gasteiger partial charge in [-0.3, -0.25) is 0 Å². The van der Waals surface area contributed by atoms with Crippen LogP contribution >= 0.6 is 0 Å². The lowest BCUT2D eigenvalue weighted by atomic mass is 10.2. The lowest BCUT2D eigenvalue weighted by Gasteiger charge is -1.97. The number of aryl methyl sites for hydroxylation is 1. The highest BCUT2D eigenvalue weighted by atomic mass is 15.2. The maximum absolute atomic E-state index is 4.34. The van der Waals surface area contributed by atoms with Crippen LogP contribution in [0.3, 0.4) is 0 Å². The average molecular weight is 215 g/mol. The molecular formula is C12H15N4+. The standard InChI is InChI=1S/C12H15N4/c1-2-3-8-16-9-6-11(10-14-16)12-5-4-7-13-15-12/h4-7,9-10H,2-3,8H2,1H3/q+1. The summed E-state index contributed by atoms with van der Waals surface area (Å²) in [4.78, 5) is 0. The van der Waals surface area contributed by atoms with Gasteiger partial charge >= 0.3 is 0 Å². The molecule has 0 saturated carbocycles. The van der Waals surface area contributed by atoms with Crippen LogP contribution in [-0.4, -0.2) is 15.3 Å². The van der Waals surface area contributed by atoms with Crippen LogP contribution in [0, 0.1) is 0 Å². The van der Waals surface area contributed by atoms with Crippen molar-refractivity contribution in [2.24, 2.45) is 0 Å². The first kappa shape index (κ1) is 10.7. The molecule has 0 aliphatic carbocycles. The molecule has 16 heavy (non-hydrogen) atoms. The van der Waals surface area contributed by atoms with Gasteiger partial charge in [0, 0.05) is 24.2 Å². The summed E-state index contributed by atoms with van der Waals surface area (Å²) in [6.45, 7) is 3.14. The third kappa shape index (κ3) is 2.59. The molecule has 2 heterocycles. The second kappa shape index (κ2) is 5.30. The Morgan fingerprint density at radius 1 is 1.31 bits per heavy atom. The maximum Gasteiger partial charge on any atom is 0.196 e. The maximum atomic E-state index is 4.34. The molecule has 0 spiro atoms. The molecule has 0 N–H and O–H groups in total. The van der Waals surface area contributed by atoms with Crippen LogP contribution < -0.4 is 4.68 Å². The predicted octanol–water partition coefficient (Wildman–Crippen LogP) is 1.63. The molecule has 82 valence electrons. The second-order valence-corrected chi connectivity index (χ2v) is 3.64. The SMILES string of the molecule is CCCC[n+]1ccc(-c2cccnn2)cn1. The molecule has 0 atom stereocenters. The molecular weight excluding hydrogens is 200 g/mol. The van der Waals surface area contributed by atoms with Gasteiger partial charge in [0.05, 0.1) is 5.69 Å². The van der Waals surface area contributed by atoms with Crippen molar-refractivity contribution in [1.29, 1.82) is 0 Å². The first-order valence-electron chi connectivity index (χ1n) is 5.54. The molecule has 4 heteroatoms. The van der Waals surface area contributed by atoms with E-state index in [1.54, 1.807) is 6.20 Å². The van der Waals surface area contributed by atoms with E-state index in [4.69, 9.17) is 0 Å². The van der Waals surface area contributed by atoms with Crippen molar-refractivity contribution in [3.05, 3.63) is 36.8 Å². The van der Waals surface area contributed by atoms with Crippen molar-refractivity contribution in [2.45, 2.75) is 26.3 Å². The van der Waals surface area contributed by atoms with Crippen molar-refractivity contribution in [3.63, 3.8) is 0 Å². The fourth-order valence-electron chi connectivity index (χ4n) is 1.44. The summed E-state index contributed by atoms with van der Waals surface area (Å²) in [7, 11) is 0. The summed E-state index contributed by atoms with van der Waals surface area (Å²) in [6, 6.07) is 5.83. The second-order valence-electron chi connectivity index (χ2n) is 3.64. The zero-order valence-electron chi connectivity index (χ0n) is 9.37. The van der Waals surface area contributed by atoms with E-state index in [1.807, 2.05) is 35.3 Å². The van der Waals surface area contributed by atoms with Crippen molar-refractivity contribution in [3.8, 4) is 11.3 Å². The van der Waals surface area contributed by atoms with E-state index in [1.165, 1.54) is 6.42 Å². The van der Waals surface area contributed by atoms with Crippen LogP contribution in [0.5, 0.6) is 0 Å². The smallest absolute Gasteiger partial charge is 0.159 e. The predicted molar refractivity (Wildman–Crippen MR) is 60.4 cm³/mol. The fourth-order valence-corrected chi connectivity index (χ4v) is 1.44. The quantitative estimate of drug-likeness (QED) is 0.728. The third-order valence-electron chi connectivity index (χ3n) is 2.38. The number of aromatic nitrogens is 4. The normalized spacial score (nSPS) is 10.3. The van der Waals surface area contributed by atoms with Crippen molar-refractivity contribution in [2.75, 3.05) is 0 Å². The molecule has 0 aliphatic rings. The molecule has 0 aliphatic heterocycles. The molecule has 0 unspecified atom stereocenters. The number of nitrogens with zero attached hydrogens (tertiary/aromatic N) is 4. The molecule has 2 rings (SSSR count). The molecule has 2 aromatic heterocycles. The Morgan fingerprint density at radius 3 is 2.88 bits per heavy atom. The van der Waals surface area contributed by atoms with Crippen molar-refractivity contribution < 1.29 is 4.68 Å². The molecule has 0 bridgehead atoms. The average Bonchev–Trinajstić information content (AvgIpc) is 2.38. The van der Waals surface area contributed by atoms with E-state index in [-0.39, 0.29) is 0 Å². The summed E-state index contributed by atoms with van der Waals surface area (Å²) >= 11 is 0. The Kier molecular flexibility index (Phi) is 3.53. The minimum absolute atomic E-state index is 0.859. The summed E-state index contributed by atoms with van der Waals surface area (Å²) < 4.78 is 1.95. The first-order chi connectivity index (χ1) is 7.90. The highest BCUT2D eigenvalue weighted by molar-refractivity contribution is 5.55. The molecule has 0 saturated heterocycles. The lowest BCUT2D eigenvalue weighted by Crippen LogP contribution is -2.37. The summed E-state index contributed by atoms with van der Waals surface area (Å²) in [5.74, 6) is 0. The van der Waals surface area contributed by atoms with Gasteiger partial charge in [0.25, 0.3) is 0 Å². The van der Waals surface area contributed by atoms with Crippen LogP contribution in [0.1, 0.15) is 19.8 Å². The molecule has 0 radical (unpaired) electrons. The van der Waals surface area contributed by atoms with Gasteiger partial charge in [-0.15, -0.1) is 0 Å². The van der Waals surface area contributed by atoms with Crippen LogP contribution in [0.4, 0.5) is 0 Å². The van der Waals surface area contributed by atoms with E-state index in [0.717, 1.165) is 24.2 Å². The monoisotopic (exact) mass is 215 g/mol. The Labute approximate surface area is 95.0 Å². The van der Waals surface area contributed by atoms with Gasteiger partial charge in [-0.05, 0) is 17.2 Å². The summed E-state index contributed by atoms with van der Waals surface area (Å²) in [5.41, 5.74) is 1.86. The lowest BCUT2D eigenvalue weighted by molar-refractivity contribution is -0.754. The van der Waals surface area contributed by atoms with Gasteiger partial charge in [0.15, 0.2) is 12.7 Å². The van der Waals surface area contributed by atoms with Crippen LogP contribution in [-0.2, 0) is 6.54 Å². The molecule has 0 fully saturated rings. The van der Waals surface area contributed by atoms with Crippen LogP contribution in [0.25, 0.3) is 11.3 Å². The largest absolute Gasteiger partial charge is 0.196 e. The first-order valence-corrected chi connectivity index (χ1v) is 5.54. The minimum atomic E-state index is 0.859. The van der Waals surface area contributed by atoms with E-state index in [9.17, 15) is 0 Å². The third-order valence-corrected chi connectivity index (χ3v) is 2.38. The van der Waals surface area contributed by atoms with Gasteiger partial charge in [-0.25, -0.2) is 0 Å². The fraction of sp³-hybridized carbons (Fsp3) is 0.333. The van der Waals surface area contributed by atoms with Crippen molar-refractivity contribution in [1.82, 2.24) is 15.3 Å². The molecule has 0 amide bonds. The summed E-state index contributed by atoms with van der Waals surface area (Å²) in [6.07, 6.45) is 7.82. The van der Waals surface area contributed by atoms with Gasteiger partial charge in [-0.2, -0.15) is 10.2 Å². The summed E-state index contributed by atoms with van der Waals surface area (Å²) in [5, 5.41) is 12.2. The minimum Gasteiger partial charge on any atom is -0.159 e. The molecule has 2 aromatic rings. The van der Waals surface area contributed by atoms with Gasteiger partial charge < -0.3 is 0 Å². The van der Waals surface area contributed by atoms with Gasteiger partial charge in [-0.1, -0.05) is 18.0 Å². The van der Waals surface area contributed by atoms with E-state index in [2.05, 4.69) is 22.2 Å². The number of rotatable bonds is 4. The number of unbranched alkanes of at least 4 members (excludes halogenated alkanes) is 1. The van der Waals surface area contributed by atoms with Crippen molar-refractivity contribution >= 4 is 0 Å². The van der Waals surface area contributed by atoms with E-state index < -0.39 is 0 Å². The highest BCUT2D eigenvalue weighted by Crippen LogP contribution is 2.11. The Bertz CT molecular complexity index is 425. The Morgan fingerprint density at radius 2 is 2.25 bits per heavy atom. The molecule has 0 aromatic carbocycles. The zero-order chi connectivity index (χ0) is 11.2. The Balaban J connectivity index is 2.13. The zero-order valence-corrected chi connectivity index (χ0v) is 9.37. The van der Waals surface area contributed by atoms with Crippen LogP contribution in [0.15, 0.2) is 36.8 Å². The highest BCUT2D eigenvalue weighted by Gasteiger charge is 2.04. The number of hydrogen-bond donors (Lipinski definition) is 0. The Hall–Kier alpha value is -1.84. The van der Waals surface area contributed by atoms with E-state index >= 15 is 0 Å². The van der Waals surface area contributed by atoms with E-state index in [0.29, 0.717) is 0 Å².